The molecule has 0 radical (unpaired) electrons. The maximum absolute atomic E-state index is 14.7. The molecule has 190 valence electrons. The number of methoxy groups -OCH3 is 1. The van der Waals surface area contributed by atoms with Gasteiger partial charge in [0.05, 0.1) is 11.5 Å². The molecule has 35 heavy (non-hydrogen) atoms. The molecule has 11 nitrogen and oxygen atoms in total. The smallest absolute Gasteiger partial charge is 0.409 e. The zero-order valence-electron chi connectivity index (χ0n) is 18.5. The Morgan fingerprint density at radius 3 is 2.46 bits per heavy atom. The van der Waals surface area contributed by atoms with Crippen LogP contribution in [-0.4, -0.2) is 80.8 Å². The number of hydrogen-bond acceptors (Lipinski definition) is 8. The van der Waals surface area contributed by atoms with E-state index in [-0.39, 0.29) is 37.8 Å². The summed E-state index contributed by atoms with van der Waals surface area (Å²) in [4.78, 5) is 25.1. The second kappa shape index (κ2) is 11.4. The molecule has 0 bridgehead atoms. The number of ether oxygens (including phenoxy) is 3. The summed E-state index contributed by atoms with van der Waals surface area (Å²) < 4.78 is 70.0. The molecule has 1 heterocycles. The van der Waals surface area contributed by atoms with Crippen LogP contribution >= 0.6 is 0 Å². The van der Waals surface area contributed by atoms with E-state index in [2.05, 4.69) is 0 Å². The highest BCUT2D eigenvalue weighted by Crippen LogP contribution is 2.29. The molecule has 1 atom stereocenters. The van der Waals surface area contributed by atoms with Crippen molar-refractivity contribution in [3.05, 3.63) is 54.1 Å². The first-order valence-corrected chi connectivity index (χ1v) is 11.7. The lowest BCUT2D eigenvalue weighted by atomic mass is 10.2. The number of halogens is 2. The molecule has 14 heteroatoms. The lowest BCUT2D eigenvalue weighted by molar-refractivity contribution is -0.134. The molecule has 0 aromatic heterocycles. The van der Waals surface area contributed by atoms with Crippen LogP contribution in [0.4, 0.5) is 13.6 Å². The number of piperazine rings is 1. The third-order valence-electron chi connectivity index (χ3n) is 5.07. The van der Waals surface area contributed by atoms with E-state index in [0.717, 1.165) is 33.5 Å². The quantitative estimate of drug-likeness (QED) is 0.308. The van der Waals surface area contributed by atoms with Crippen molar-refractivity contribution < 1.29 is 46.2 Å². The fourth-order valence-corrected chi connectivity index (χ4v) is 4.88. The van der Waals surface area contributed by atoms with Gasteiger partial charge in [0.1, 0.15) is 24.2 Å². The number of rotatable bonds is 8. The Balaban J connectivity index is 1.80. The van der Waals surface area contributed by atoms with Gasteiger partial charge in [-0.3, -0.25) is 10.0 Å². The number of carbonyl (C=O) groups is 2. The summed E-state index contributed by atoms with van der Waals surface area (Å²) in [6.45, 7) is -0.751. The van der Waals surface area contributed by atoms with Crippen LogP contribution in [0.1, 0.15) is 0 Å². The number of nitrogens with one attached hydrogen (secondary N) is 1. The maximum atomic E-state index is 14.7. The van der Waals surface area contributed by atoms with Crippen LogP contribution in [0.3, 0.4) is 0 Å². The Labute approximate surface area is 199 Å². The van der Waals surface area contributed by atoms with E-state index in [9.17, 15) is 26.8 Å². The van der Waals surface area contributed by atoms with Gasteiger partial charge in [0, 0.05) is 26.7 Å². The summed E-state index contributed by atoms with van der Waals surface area (Å²) in [6.07, 6.45) is -0.789. The van der Waals surface area contributed by atoms with E-state index >= 15 is 0 Å². The molecule has 2 aromatic rings. The summed E-state index contributed by atoms with van der Waals surface area (Å²) in [6, 6.07) is 6.15. The first-order valence-electron chi connectivity index (χ1n) is 10.3. The normalized spacial score (nSPS) is 16.6. The monoisotopic (exact) mass is 515 g/mol. The molecule has 2 N–H and O–H groups in total. The highest BCUT2D eigenvalue weighted by molar-refractivity contribution is 7.89. The molecule has 1 fully saturated rings. The Hall–Kier alpha value is -3.33. The predicted molar refractivity (Wildman–Crippen MR) is 115 cm³/mol. The number of hydroxylamine groups is 1. The Morgan fingerprint density at radius 1 is 1.11 bits per heavy atom. The number of sulfonamides is 1. The minimum absolute atomic E-state index is 0.0453. The van der Waals surface area contributed by atoms with Crippen molar-refractivity contribution in [2.45, 2.75) is 10.9 Å². The van der Waals surface area contributed by atoms with E-state index < -0.39 is 51.1 Å². The summed E-state index contributed by atoms with van der Waals surface area (Å²) in [5.74, 6) is -2.78. The first-order chi connectivity index (χ1) is 16.7. The average molecular weight is 515 g/mol. The van der Waals surface area contributed by atoms with Crippen LogP contribution in [0.2, 0.25) is 0 Å². The summed E-state index contributed by atoms with van der Waals surface area (Å²) in [7, 11) is -3.02. The lowest BCUT2D eigenvalue weighted by Crippen LogP contribution is -2.61. The molecule has 1 aliphatic heterocycles. The van der Waals surface area contributed by atoms with E-state index in [1.165, 1.54) is 24.7 Å². The molecular formula is C21H23F2N3O8S. The lowest BCUT2D eigenvalue weighted by Gasteiger charge is -2.38. The van der Waals surface area contributed by atoms with Gasteiger partial charge in [0.2, 0.25) is 10.0 Å². The second-order valence-electron chi connectivity index (χ2n) is 7.31. The number of amides is 2. The predicted octanol–water partition coefficient (Wildman–Crippen LogP) is 1.72. The number of benzene rings is 2. The van der Waals surface area contributed by atoms with Crippen LogP contribution in [0.5, 0.6) is 11.5 Å². The van der Waals surface area contributed by atoms with Gasteiger partial charge in [-0.1, -0.05) is 0 Å². The maximum Gasteiger partial charge on any atom is 0.409 e. The van der Waals surface area contributed by atoms with Crippen LogP contribution in [0.25, 0.3) is 0 Å². The first kappa shape index (κ1) is 26.3. The molecule has 2 amide bonds. The van der Waals surface area contributed by atoms with Crippen LogP contribution in [-0.2, 0) is 24.3 Å². The van der Waals surface area contributed by atoms with Crippen molar-refractivity contribution in [3.8, 4) is 11.5 Å². The Bertz CT molecular complexity index is 1160. The third-order valence-corrected chi connectivity index (χ3v) is 6.97. The van der Waals surface area contributed by atoms with Gasteiger partial charge in [-0.25, -0.2) is 27.5 Å². The highest BCUT2D eigenvalue weighted by Gasteiger charge is 2.42. The van der Waals surface area contributed by atoms with E-state index in [4.69, 9.17) is 19.4 Å². The molecule has 0 unspecified atom stereocenters. The standard InChI is InChI=1S/C21H23F2N3O8S/c1-32-10-11-33-21(28)25-8-9-26(18(13-25)20(27)24-29)35(30,31)16-6-7-19(17(23)12-16)34-15-4-2-14(22)3-5-15/h2-7,12,18,29H,8-11,13H2,1H3,(H,24,27)/t18-/m0/s1. The number of carbonyl (C=O) groups excluding carboxylic acids is 2. The van der Waals surface area contributed by atoms with Gasteiger partial charge in [-0.2, -0.15) is 4.31 Å². The van der Waals surface area contributed by atoms with Crippen molar-refractivity contribution >= 4 is 22.0 Å². The van der Waals surface area contributed by atoms with Crippen molar-refractivity contribution in [2.24, 2.45) is 0 Å². The fraction of sp³-hybridized carbons (Fsp3) is 0.333. The van der Waals surface area contributed by atoms with Gasteiger partial charge >= 0.3 is 6.09 Å². The Kier molecular flexibility index (Phi) is 8.56. The number of hydrogen-bond donors (Lipinski definition) is 2. The molecule has 1 aliphatic rings. The zero-order valence-corrected chi connectivity index (χ0v) is 19.3. The zero-order chi connectivity index (χ0) is 25.6. The van der Waals surface area contributed by atoms with Crippen LogP contribution in [0.15, 0.2) is 47.4 Å². The molecular weight excluding hydrogens is 492 g/mol. The summed E-state index contributed by atoms with van der Waals surface area (Å²) >= 11 is 0. The molecule has 0 saturated carbocycles. The van der Waals surface area contributed by atoms with Gasteiger partial charge < -0.3 is 19.1 Å². The van der Waals surface area contributed by atoms with E-state index in [1.54, 1.807) is 0 Å². The van der Waals surface area contributed by atoms with E-state index in [1.807, 2.05) is 0 Å². The van der Waals surface area contributed by atoms with Crippen LogP contribution < -0.4 is 10.2 Å². The molecule has 0 aliphatic carbocycles. The third kappa shape index (κ3) is 6.22. The van der Waals surface area contributed by atoms with Crippen molar-refractivity contribution in [1.29, 1.82) is 0 Å². The Morgan fingerprint density at radius 2 is 1.83 bits per heavy atom. The van der Waals surface area contributed by atoms with Crippen molar-refractivity contribution in [3.63, 3.8) is 0 Å². The molecule has 2 aromatic carbocycles. The number of nitrogens with zero attached hydrogens (tertiary/aromatic N) is 2. The highest BCUT2D eigenvalue weighted by atomic mass is 32.2. The van der Waals surface area contributed by atoms with Gasteiger partial charge in [-0.05, 0) is 42.5 Å². The topological polar surface area (TPSA) is 135 Å². The molecule has 0 spiro atoms. The summed E-state index contributed by atoms with van der Waals surface area (Å²) in [5.41, 5.74) is 1.39. The summed E-state index contributed by atoms with van der Waals surface area (Å²) in [5, 5.41) is 9.10. The van der Waals surface area contributed by atoms with Gasteiger partial charge in [0.15, 0.2) is 11.6 Å². The van der Waals surface area contributed by atoms with E-state index in [0.29, 0.717) is 6.07 Å². The SMILES string of the molecule is COCCOC(=O)N1CCN(S(=O)(=O)c2ccc(Oc3ccc(F)cc3)c(F)c2)[C@H](C(=O)NO)C1. The van der Waals surface area contributed by atoms with Gasteiger partial charge in [-0.15, -0.1) is 0 Å². The van der Waals surface area contributed by atoms with Crippen LogP contribution in [0, 0.1) is 11.6 Å². The largest absolute Gasteiger partial charge is 0.454 e. The molecule has 1 saturated heterocycles. The second-order valence-corrected chi connectivity index (χ2v) is 9.20. The van der Waals surface area contributed by atoms with Crippen molar-refractivity contribution in [2.75, 3.05) is 40.0 Å². The van der Waals surface area contributed by atoms with Gasteiger partial charge in [0.25, 0.3) is 5.91 Å². The minimum Gasteiger partial charge on any atom is -0.454 e. The average Bonchev–Trinajstić information content (AvgIpc) is 2.85. The van der Waals surface area contributed by atoms with Crippen molar-refractivity contribution in [1.82, 2.24) is 14.7 Å². The fourth-order valence-electron chi connectivity index (χ4n) is 3.30. The molecule has 3 rings (SSSR count). The minimum atomic E-state index is -4.44.